The first-order valence-electron chi connectivity index (χ1n) is 3.01. The van der Waals surface area contributed by atoms with Crippen LogP contribution in [-0.2, 0) is 21.9 Å². The second-order valence-corrected chi connectivity index (χ2v) is 2.87. The molecule has 0 aliphatic heterocycles. The van der Waals surface area contributed by atoms with Crippen molar-refractivity contribution in [1.82, 2.24) is 9.97 Å². The third-order valence-corrected chi connectivity index (χ3v) is 1.42. The van der Waals surface area contributed by atoms with Gasteiger partial charge in [0.25, 0.3) is 0 Å². The molecule has 0 aromatic carbocycles. The highest BCUT2D eigenvalue weighted by Gasteiger charge is 1.95. The SMILES string of the molecule is CS(=O)OCc1ncccn1. The van der Waals surface area contributed by atoms with Crippen LogP contribution in [0.1, 0.15) is 5.82 Å². The average Bonchev–Trinajstić information content (AvgIpc) is 2.03. The second kappa shape index (κ2) is 4.15. The van der Waals surface area contributed by atoms with E-state index in [1.165, 1.54) is 6.26 Å². The van der Waals surface area contributed by atoms with Gasteiger partial charge in [-0.3, -0.25) is 4.18 Å². The summed E-state index contributed by atoms with van der Waals surface area (Å²) in [5.41, 5.74) is 0. The van der Waals surface area contributed by atoms with Gasteiger partial charge in [-0.05, 0) is 6.07 Å². The Morgan fingerprint density at radius 1 is 1.55 bits per heavy atom. The van der Waals surface area contributed by atoms with Gasteiger partial charge in [0.2, 0.25) is 0 Å². The van der Waals surface area contributed by atoms with Crippen LogP contribution in [0.15, 0.2) is 18.5 Å². The predicted molar refractivity (Wildman–Crippen MR) is 40.9 cm³/mol. The molecule has 4 nitrogen and oxygen atoms in total. The van der Waals surface area contributed by atoms with Crippen LogP contribution in [-0.4, -0.2) is 20.4 Å². The van der Waals surface area contributed by atoms with E-state index in [1.54, 1.807) is 18.5 Å². The third kappa shape index (κ3) is 3.20. The molecule has 0 saturated carbocycles. The molecule has 1 aromatic rings. The lowest BCUT2D eigenvalue weighted by Gasteiger charge is -1.96. The van der Waals surface area contributed by atoms with Crippen molar-refractivity contribution in [2.24, 2.45) is 0 Å². The van der Waals surface area contributed by atoms with E-state index in [4.69, 9.17) is 4.18 Å². The lowest BCUT2D eigenvalue weighted by Crippen LogP contribution is -1.99. The topological polar surface area (TPSA) is 52.1 Å². The lowest BCUT2D eigenvalue weighted by molar-refractivity contribution is 0.328. The lowest BCUT2D eigenvalue weighted by atomic mass is 10.6. The fourth-order valence-electron chi connectivity index (χ4n) is 0.540. The summed E-state index contributed by atoms with van der Waals surface area (Å²) >= 11 is -1.25. The summed E-state index contributed by atoms with van der Waals surface area (Å²) in [4.78, 5) is 7.76. The highest BCUT2D eigenvalue weighted by Crippen LogP contribution is 1.91. The van der Waals surface area contributed by atoms with Gasteiger partial charge in [-0.1, -0.05) is 0 Å². The van der Waals surface area contributed by atoms with Gasteiger partial charge < -0.3 is 0 Å². The molecule has 11 heavy (non-hydrogen) atoms. The first-order valence-corrected chi connectivity index (χ1v) is 4.50. The zero-order valence-electron chi connectivity index (χ0n) is 6.06. The molecule has 1 heterocycles. The van der Waals surface area contributed by atoms with Crippen LogP contribution in [0, 0.1) is 0 Å². The monoisotopic (exact) mass is 172 g/mol. The van der Waals surface area contributed by atoms with Crippen LogP contribution in [0.3, 0.4) is 0 Å². The zero-order chi connectivity index (χ0) is 8.10. The van der Waals surface area contributed by atoms with Crippen molar-refractivity contribution >= 4 is 11.1 Å². The van der Waals surface area contributed by atoms with Gasteiger partial charge in [0.05, 0.1) is 0 Å². The van der Waals surface area contributed by atoms with E-state index in [-0.39, 0.29) is 6.61 Å². The molecule has 0 N–H and O–H groups in total. The van der Waals surface area contributed by atoms with Gasteiger partial charge in [0.1, 0.15) is 6.61 Å². The molecule has 0 fully saturated rings. The number of aromatic nitrogens is 2. The van der Waals surface area contributed by atoms with E-state index >= 15 is 0 Å². The minimum atomic E-state index is -1.25. The smallest absolute Gasteiger partial charge is 0.155 e. The summed E-state index contributed by atoms with van der Waals surface area (Å²) in [6.07, 6.45) is 4.69. The largest absolute Gasteiger partial charge is 0.283 e. The van der Waals surface area contributed by atoms with Crippen LogP contribution < -0.4 is 0 Å². The van der Waals surface area contributed by atoms with Crippen molar-refractivity contribution in [2.45, 2.75) is 6.61 Å². The Morgan fingerprint density at radius 2 is 2.18 bits per heavy atom. The highest BCUT2D eigenvalue weighted by molar-refractivity contribution is 7.79. The molecule has 0 bridgehead atoms. The van der Waals surface area contributed by atoms with Crippen molar-refractivity contribution in [1.29, 1.82) is 0 Å². The molecule has 1 aromatic heterocycles. The van der Waals surface area contributed by atoms with Crippen molar-refractivity contribution in [2.75, 3.05) is 6.26 Å². The van der Waals surface area contributed by atoms with E-state index in [2.05, 4.69) is 9.97 Å². The molecule has 0 aliphatic carbocycles. The molecular weight excluding hydrogens is 164 g/mol. The normalized spacial score (nSPS) is 12.8. The summed E-state index contributed by atoms with van der Waals surface area (Å²) in [5, 5.41) is 0. The third-order valence-electron chi connectivity index (χ3n) is 0.973. The molecule has 5 heteroatoms. The Balaban J connectivity index is 2.45. The summed E-state index contributed by atoms with van der Waals surface area (Å²) in [6, 6.07) is 1.71. The molecule has 0 saturated heterocycles. The van der Waals surface area contributed by atoms with Gasteiger partial charge in [0.15, 0.2) is 16.9 Å². The molecule has 1 rings (SSSR count). The van der Waals surface area contributed by atoms with Crippen LogP contribution in [0.2, 0.25) is 0 Å². The van der Waals surface area contributed by atoms with Gasteiger partial charge in [-0.15, -0.1) is 0 Å². The number of hydrogen-bond acceptors (Lipinski definition) is 4. The fraction of sp³-hybridized carbons (Fsp3) is 0.333. The molecule has 60 valence electrons. The fourth-order valence-corrected chi connectivity index (χ4v) is 0.812. The zero-order valence-corrected chi connectivity index (χ0v) is 6.87. The maximum absolute atomic E-state index is 10.5. The van der Waals surface area contributed by atoms with Crippen LogP contribution in [0.4, 0.5) is 0 Å². The summed E-state index contributed by atoms with van der Waals surface area (Å²) in [7, 11) is 0. The van der Waals surface area contributed by atoms with E-state index in [9.17, 15) is 4.21 Å². The Labute approximate surface area is 67.3 Å². The Bertz CT molecular complexity index is 240. The van der Waals surface area contributed by atoms with E-state index < -0.39 is 11.1 Å². The molecule has 1 atom stereocenters. The van der Waals surface area contributed by atoms with Crippen molar-refractivity contribution in [3.63, 3.8) is 0 Å². The summed E-state index contributed by atoms with van der Waals surface area (Å²) in [5.74, 6) is 0.544. The number of hydrogen-bond donors (Lipinski definition) is 0. The number of nitrogens with zero attached hydrogens (tertiary/aromatic N) is 2. The molecule has 0 aliphatic rings. The molecule has 1 unspecified atom stereocenters. The number of rotatable bonds is 3. The Hall–Kier alpha value is -0.810. The van der Waals surface area contributed by atoms with Gasteiger partial charge in [0, 0.05) is 18.6 Å². The standard InChI is InChI=1S/C6H8N2O2S/c1-11(9)10-5-6-7-3-2-4-8-6/h2-4H,5H2,1H3. The van der Waals surface area contributed by atoms with E-state index in [1.807, 2.05) is 0 Å². The van der Waals surface area contributed by atoms with Crippen LogP contribution >= 0.6 is 0 Å². The van der Waals surface area contributed by atoms with Crippen LogP contribution in [0.25, 0.3) is 0 Å². The molecular formula is C6H8N2O2S. The van der Waals surface area contributed by atoms with Crippen molar-refractivity contribution < 1.29 is 8.39 Å². The first kappa shape index (κ1) is 8.29. The van der Waals surface area contributed by atoms with Gasteiger partial charge in [-0.25, -0.2) is 14.2 Å². The Morgan fingerprint density at radius 3 is 2.73 bits per heavy atom. The van der Waals surface area contributed by atoms with E-state index in [0.717, 1.165) is 0 Å². The predicted octanol–water partition coefficient (Wildman–Crippen LogP) is 0.287. The first-order chi connectivity index (χ1) is 5.29. The molecule has 0 spiro atoms. The maximum atomic E-state index is 10.5. The summed E-state index contributed by atoms with van der Waals surface area (Å²) in [6.45, 7) is 0.198. The van der Waals surface area contributed by atoms with Gasteiger partial charge >= 0.3 is 0 Å². The highest BCUT2D eigenvalue weighted by atomic mass is 32.2. The average molecular weight is 172 g/mol. The quantitative estimate of drug-likeness (QED) is 0.657. The molecule has 0 amide bonds. The van der Waals surface area contributed by atoms with Crippen molar-refractivity contribution in [3.05, 3.63) is 24.3 Å². The molecule has 0 radical (unpaired) electrons. The van der Waals surface area contributed by atoms with E-state index in [0.29, 0.717) is 5.82 Å². The van der Waals surface area contributed by atoms with Crippen molar-refractivity contribution in [3.8, 4) is 0 Å². The minimum absolute atomic E-state index is 0.198. The maximum Gasteiger partial charge on any atom is 0.155 e. The van der Waals surface area contributed by atoms with Crippen LogP contribution in [0.5, 0.6) is 0 Å². The minimum Gasteiger partial charge on any atom is -0.283 e. The second-order valence-electron chi connectivity index (χ2n) is 1.83. The summed E-state index contributed by atoms with van der Waals surface area (Å²) < 4.78 is 15.2. The Kier molecular flexibility index (Phi) is 3.13. The van der Waals surface area contributed by atoms with Gasteiger partial charge in [-0.2, -0.15) is 0 Å².